The first-order valence-electron chi connectivity index (χ1n) is 7.79. The molecule has 0 bridgehead atoms. The van der Waals surface area contributed by atoms with Gasteiger partial charge in [0.25, 0.3) is 5.91 Å². The number of carbonyl (C=O) groups is 2. The normalized spacial score (nSPS) is 11.6. The molecule has 0 aromatic heterocycles. The number of benzene rings is 2. The molecule has 0 aliphatic carbocycles. The van der Waals surface area contributed by atoms with Crippen molar-refractivity contribution >= 4 is 11.9 Å². The number of aryl methyl sites for hydroxylation is 1. The summed E-state index contributed by atoms with van der Waals surface area (Å²) in [6.45, 7) is 1.50. The van der Waals surface area contributed by atoms with Crippen molar-refractivity contribution < 1.29 is 19.4 Å². The van der Waals surface area contributed by atoms with E-state index in [2.05, 4.69) is 10.1 Å². The van der Waals surface area contributed by atoms with E-state index in [4.69, 9.17) is 0 Å². The zero-order valence-corrected chi connectivity index (χ0v) is 13.8. The maximum atomic E-state index is 12.7. The third-order valence-electron chi connectivity index (χ3n) is 3.81. The van der Waals surface area contributed by atoms with Crippen LogP contribution in [0.25, 0.3) is 11.1 Å². The molecule has 1 atom stereocenters. The molecule has 0 radical (unpaired) electrons. The average Bonchev–Trinajstić information content (AvgIpc) is 2.65. The zero-order valence-electron chi connectivity index (χ0n) is 13.8. The Bertz CT molecular complexity index is 713. The van der Waals surface area contributed by atoms with Crippen molar-refractivity contribution in [2.75, 3.05) is 13.7 Å². The topological polar surface area (TPSA) is 75.6 Å². The highest BCUT2D eigenvalue weighted by Crippen LogP contribution is 2.28. The molecule has 0 unspecified atom stereocenters. The van der Waals surface area contributed by atoms with Gasteiger partial charge >= 0.3 is 5.97 Å². The summed E-state index contributed by atoms with van der Waals surface area (Å²) < 4.78 is 4.59. The molecule has 2 N–H and O–H groups in total. The van der Waals surface area contributed by atoms with Gasteiger partial charge in [-0.1, -0.05) is 49.4 Å². The van der Waals surface area contributed by atoms with Gasteiger partial charge < -0.3 is 15.2 Å². The molecular formula is C19H21NO4. The van der Waals surface area contributed by atoms with E-state index in [9.17, 15) is 14.7 Å². The number of aliphatic hydroxyl groups is 1. The maximum absolute atomic E-state index is 12.7. The first kappa shape index (κ1) is 17.7. The third-order valence-corrected chi connectivity index (χ3v) is 3.81. The number of aliphatic hydroxyl groups excluding tert-OH is 1. The molecule has 0 heterocycles. The first-order chi connectivity index (χ1) is 11.6. The van der Waals surface area contributed by atoms with Crippen LogP contribution in [0.15, 0.2) is 48.5 Å². The van der Waals surface area contributed by atoms with Crippen LogP contribution < -0.4 is 5.32 Å². The number of rotatable bonds is 6. The third kappa shape index (κ3) is 3.81. The minimum absolute atomic E-state index is 0.423. The fourth-order valence-electron chi connectivity index (χ4n) is 2.59. The quantitative estimate of drug-likeness (QED) is 0.798. The summed E-state index contributed by atoms with van der Waals surface area (Å²) in [5, 5.41) is 11.8. The largest absolute Gasteiger partial charge is 0.467 e. The van der Waals surface area contributed by atoms with Gasteiger partial charge in [-0.15, -0.1) is 0 Å². The fourth-order valence-corrected chi connectivity index (χ4v) is 2.59. The van der Waals surface area contributed by atoms with Gasteiger partial charge in [-0.2, -0.15) is 0 Å². The Kier molecular flexibility index (Phi) is 6.09. The van der Waals surface area contributed by atoms with Gasteiger partial charge in [0.05, 0.1) is 13.7 Å². The molecule has 2 rings (SSSR count). The van der Waals surface area contributed by atoms with E-state index in [0.717, 1.165) is 23.1 Å². The number of carbonyl (C=O) groups excluding carboxylic acids is 2. The highest BCUT2D eigenvalue weighted by molar-refractivity contribution is 6.03. The molecule has 2 aromatic rings. The lowest BCUT2D eigenvalue weighted by Crippen LogP contribution is -2.44. The van der Waals surface area contributed by atoms with Crippen LogP contribution in [0.4, 0.5) is 0 Å². The lowest BCUT2D eigenvalue weighted by Gasteiger charge is -2.17. The van der Waals surface area contributed by atoms with Gasteiger partial charge in [0.2, 0.25) is 0 Å². The number of hydrogen-bond acceptors (Lipinski definition) is 4. The van der Waals surface area contributed by atoms with Crippen molar-refractivity contribution in [1.82, 2.24) is 5.32 Å². The van der Waals surface area contributed by atoms with Crippen molar-refractivity contribution in [3.05, 3.63) is 59.7 Å². The van der Waals surface area contributed by atoms with Gasteiger partial charge in [-0.25, -0.2) is 4.79 Å². The van der Waals surface area contributed by atoms with Crippen LogP contribution in [-0.2, 0) is 16.0 Å². The Hall–Kier alpha value is -2.66. The van der Waals surface area contributed by atoms with Crippen molar-refractivity contribution in [1.29, 1.82) is 0 Å². The van der Waals surface area contributed by atoms with Crippen molar-refractivity contribution in [2.24, 2.45) is 0 Å². The Morgan fingerprint density at radius 3 is 2.42 bits per heavy atom. The lowest BCUT2D eigenvalue weighted by atomic mass is 9.92. The van der Waals surface area contributed by atoms with Crippen LogP contribution in [0.5, 0.6) is 0 Å². The summed E-state index contributed by atoms with van der Waals surface area (Å²) in [4.78, 5) is 24.3. The Labute approximate surface area is 141 Å². The standard InChI is InChI=1S/C19H21NO4/c1-3-13-10-7-11-15(17(13)14-8-5-4-6-9-14)18(22)20-16(12-21)19(23)24-2/h4-11,16,21H,3,12H2,1-2H3,(H,20,22)/t16-/m0/s1. The number of esters is 1. The molecule has 2 aromatic carbocycles. The van der Waals surface area contributed by atoms with Crippen molar-refractivity contribution in [3.63, 3.8) is 0 Å². The van der Waals surface area contributed by atoms with Gasteiger partial charge in [0, 0.05) is 5.56 Å². The molecule has 1 amide bonds. The van der Waals surface area contributed by atoms with E-state index < -0.39 is 24.5 Å². The minimum Gasteiger partial charge on any atom is -0.467 e. The molecule has 0 aliphatic heterocycles. The van der Waals surface area contributed by atoms with Gasteiger partial charge in [-0.05, 0) is 29.2 Å². The number of hydrogen-bond donors (Lipinski definition) is 2. The molecule has 0 fully saturated rings. The van der Waals surface area contributed by atoms with Crippen molar-refractivity contribution in [2.45, 2.75) is 19.4 Å². The zero-order chi connectivity index (χ0) is 17.5. The van der Waals surface area contributed by atoms with E-state index in [1.165, 1.54) is 7.11 Å². The molecule has 24 heavy (non-hydrogen) atoms. The summed E-state index contributed by atoms with van der Waals surface area (Å²) in [5.41, 5.74) is 3.26. The predicted octanol–water partition coefficient (Wildman–Crippen LogP) is 2.18. The molecule has 5 heteroatoms. The fraction of sp³-hybridized carbons (Fsp3) is 0.263. The Morgan fingerprint density at radius 2 is 1.83 bits per heavy atom. The smallest absolute Gasteiger partial charge is 0.330 e. The summed E-state index contributed by atoms with van der Waals surface area (Å²) >= 11 is 0. The summed E-state index contributed by atoms with van der Waals surface area (Å²) in [6, 6.07) is 14.0. The summed E-state index contributed by atoms with van der Waals surface area (Å²) in [5.74, 6) is -1.10. The average molecular weight is 327 g/mol. The Balaban J connectivity index is 2.43. The second-order valence-corrected chi connectivity index (χ2v) is 5.29. The van der Waals surface area contributed by atoms with E-state index in [-0.39, 0.29) is 0 Å². The van der Waals surface area contributed by atoms with Crippen molar-refractivity contribution in [3.8, 4) is 11.1 Å². The maximum Gasteiger partial charge on any atom is 0.330 e. The molecule has 5 nitrogen and oxygen atoms in total. The van der Waals surface area contributed by atoms with Crippen LogP contribution in [0, 0.1) is 0 Å². The minimum atomic E-state index is -1.09. The van der Waals surface area contributed by atoms with E-state index in [0.29, 0.717) is 5.56 Å². The molecule has 0 spiro atoms. The predicted molar refractivity (Wildman–Crippen MR) is 91.6 cm³/mol. The molecule has 0 saturated heterocycles. The van der Waals surface area contributed by atoms with Crippen LogP contribution >= 0.6 is 0 Å². The van der Waals surface area contributed by atoms with E-state index >= 15 is 0 Å². The van der Waals surface area contributed by atoms with Gasteiger partial charge in [0.1, 0.15) is 0 Å². The van der Waals surface area contributed by atoms with Crippen LogP contribution in [0.3, 0.4) is 0 Å². The van der Waals surface area contributed by atoms with Gasteiger partial charge in [0.15, 0.2) is 6.04 Å². The highest BCUT2D eigenvalue weighted by Gasteiger charge is 2.23. The second-order valence-electron chi connectivity index (χ2n) is 5.29. The molecule has 0 aliphatic rings. The Morgan fingerprint density at radius 1 is 1.12 bits per heavy atom. The number of ether oxygens (including phenoxy) is 1. The molecule has 0 saturated carbocycles. The van der Waals surface area contributed by atoms with Crippen LogP contribution in [0.1, 0.15) is 22.8 Å². The number of amides is 1. The highest BCUT2D eigenvalue weighted by atomic mass is 16.5. The summed E-state index contributed by atoms with van der Waals surface area (Å²) in [7, 11) is 1.21. The molecule has 126 valence electrons. The summed E-state index contributed by atoms with van der Waals surface area (Å²) in [6.07, 6.45) is 0.770. The number of nitrogens with one attached hydrogen (secondary N) is 1. The van der Waals surface area contributed by atoms with Crippen LogP contribution in [0.2, 0.25) is 0 Å². The van der Waals surface area contributed by atoms with E-state index in [1.807, 2.05) is 49.4 Å². The SMILES string of the molecule is CCc1cccc(C(=O)N[C@@H](CO)C(=O)OC)c1-c1ccccc1. The number of methoxy groups -OCH3 is 1. The monoisotopic (exact) mass is 327 g/mol. The van der Waals surface area contributed by atoms with Gasteiger partial charge in [-0.3, -0.25) is 4.79 Å². The second kappa shape index (κ2) is 8.26. The van der Waals surface area contributed by atoms with Crippen LogP contribution in [-0.4, -0.2) is 36.7 Å². The first-order valence-corrected chi connectivity index (χ1v) is 7.79. The van der Waals surface area contributed by atoms with E-state index in [1.54, 1.807) is 6.07 Å². The molecular weight excluding hydrogens is 306 g/mol. The lowest BCUT2D eigenvalue weighted by molar-refractivity contribution is -0.143.